The molecular weight excluding hydrogens is 454 g/mol. The van der Waals surface area contributed by atoms with Crippen LogP contribution < -0.4 is 15.1 Å². The number of nitrogens with zero attached hydrogens (tertiary/aromatic N) is 5. The maximum Gasteiger partial charge on any atom is 0.249 e. The van der Waals surface area contributed by atoms with Gasteiger partial charge in [0.15, 0.2) is 0 Å². The highest BCUT2D eigenvalue weighted by Crippen LogP contribution is 2.24. The number of fused-ring (bicyclic) bond motifs is 1. The molecule has 1 aromatic heterocycles. The molecule has 1 N–H and O–H groups in total. The lowest BCUT2D eigenvalue weighted by Crippen LogP contribution is -2.48. The van der Waals surface area contributed by atoms with E-state index in [0.29, 0.717) is 41.1 Å². The van der Waals surface area contributed by atoms with Crippen molar-refractivity contribution in [2.24, 2.45) is 0 Å². The zero-order valence-electron chi connectivity index (χ0n) is 18.7. The van der Waals surface area contributed by atoms with Gasteiger partial charge in [0.1, 0.15) is 23.7 Å². The molecule has 5 rings (SSSR count). The summed E-state index contributed by atoms with van der Waals surface area (Å²) in [6, 6.07) is 17.4. The van der Waals surface area contributed by atoms with Gasteiger partial charge in [0.05, 0.1) is 18.6 Å². The van der Waals surface area contributed by atoms with Crippen LogP contribution in [0.25, 0.3) is 11.0 Å². The van der Waals surface area contributed by atoms with E-state index in [1.165, 1.54) is 21.7 Å². The Bertz CT molecular complexity index is 1370. The summed E-state index contributed by atoms with van der Waals surface area (Å²) in [5.41, 5.74) is 2.90. The number of hydrogen-bond donors (Lipinski definition) is 1. The maximum absolute atomic E-state index is 13.8. The molecule has 10 heteroatoms. The predicted octanol–water partition coefficient (Wildman–Crippen LogP) is 2.88. The molecule has 2 amide bonds. The van der Waals surface area contributed by atoms with E-state index in [9.17, 15) is 18.4 Å². The lowest BCUT2D eigenvalue weighted by Gasteiger charge is -2.28. The highest BCUT2D eigenvalue weighted by Gasteiger charge is 2.22. The summed E-state index contributed by atoms with van der Waals surface area (Å²) in [4.78, 5) is 28.8. The van der Waals surface area contributed by atoms with Crippen molar-refractivity contribution in [2.75, 3.05) is 29.4 Å². The van der Waals surface area contributed by atoms with Crippen LogP contribution in [-0.4, -0.2) is 46.4 Å². The first-order valence-corrected chi connectivity index (χ1v) is 11.1. The fourth-order valence-corrected chi connectivity index (χ4v) is 4.15. The summed E-state index contributed by atoms with van der Waals surface area (Å²) in [5, 5.41) is 11.2. The van der Waals surface area contributed by atoms with Crippen molar-refractivity contribution in [3.8, 4) is 0 Å². The number of amides is 2. The monoisotopic (exact) mass is 476 g/mol. The molecule has 0 radical (unpaired) electrons. The Morgan fingerprint density at radius 1 is 1.03 bits per heavy atom. The number of aromatic nitrogens is 3. The van der Waals surface area contributed by atoms with E-state index in [2.05, 4.69) is 15.6 Å². The molecule has 8 nitrogen and oxygen atoms in total. The van der Waals surface area contributed by atoms with Crippen LogP contribution in [0.2, 0.25) is 0 Å². The summed E-state index contributed by atoms with van der Waals surface area (Å²) in [5.74, 6) is -1.81. The summed E-state index contributed by atoms with van der Waals surface area (Å²) in [6.45, 7) is 1.34. The number of carbonyl (C=O) groups excluding carboxylic acids is 2. The quantitative estimate of drug-likeness (QED) is 0.463. The van der Waals surface area contributed by atoms with Gasteiger partial charge in [-0.15, -0.1) is 5.10 Å². The van der Waals surface area contributed by atoms with Gasteiger partial charge in [0.25, 0.3) is 0 Å². The van der Waals surface area contributed by atoms with E-state index in [-0.39, 0.29) is 31.4 Å². The first kappa shape index (κ1) is 22.6. The van der Waals surface area contributed by atoms with E-state index in [1.54, 1.807) is 35.2 Å². The second-order valence-corrected chi connectivity index (χ2v) is 8.23. The van der Waals surface area contributed by atoms with E-state index in [0.717, 1.165) is 6.07 Å². The predicted molar refractivity (Wildman–Crippen MR) is 127 cm³/mol. The van der Waals surface area contributed by atoms with Crippen LogP contribution in [0.4, 0.5) is 20.2 Å². The Hall–Kier alpha value is -4.18. The van der Waals surface area contributed by atoms with Crippen LogP contribution in [0, 0.1) is 11.6 Å². The highest BCUT2D eigenvalue weighted by atomic mass is 19.1. The molecule has 1 fully saturated rings. The van der Waals surface area contributed by atoms with Gasteiger partial charge in [-0.2, -0.15) is 0 Å². The molecule has 1 aliphatic rings. The molecule has 2 heterocycles. The molecular formula is C25H22F2N6O2. The number of benzene rings is 3. The summed E-state index contributed by atoms with van der Waals surface area (Å²) < 4.78 is 29.2. The van der Waals surface area contributed by atoms with Gasteiger partial charge in [-0.3, -0.25) is 9.59 Å². The third-order valence-electron chi connectivity index (χ3n) is 5.83. The number of hydrogen-bond acceptors (Lipinski definition) is 5. The molecule has 0 aliphatic carbocycles. The molecule has 0 spiro atoms. The van der Waals surface area contributed by atoms with Crippen molar-refractivity contribution in [3.63, 3.8) is 0 Å². The number of para-hydroxylation sites is 1. The van der Waals surface area contributed by atoms with Crippen molar-refractivity contribution < 1.29 is 18.4 Å². The zero-order chi connectivity index (χ0) is 24.4. The fourth-order valence-electron chi connectivity index (χ4n) is 4.15. The van der Waals surface area contributed by atoms with Gasteiger partial charge in [-0.25, -0.2) is 13.5 Å². The van der Waals surface area contributed by atoms with Crippen LogP contribution >= 0.6 is 0 Å². The third-order valence-corrected chi connectivity index (χ3v) is 5.83. The summed E-state index contributed by atoms with van der Waals surface area (Å²) in [7, 11) is 0. The second-order valence-electron chi connectivity index (χ2n) is 8.23. The normalized spacial score (nSPS) is 13.9. The second kappa shape index (κ2) is 9.59. The van der Waals surface area contributed by atoms with Crippen LogP contribution in [0.5, 0.6) is 0 Å². The maximum atomic E-state index is 13.8. The highest BCUT2D eigenvalue weighted by molar-refractivity contribution is 5.97. The van der Waals surface area contributed by atoms with Crippen molar-refractivity contribution in [1.29, 1.82) is 0 Å². The van der Waals surface area contributed by atoms with E-state index < -0.39 is 11.6 Å². The van der Waals surface area contributed by atoms with Gasteiger partial charge in [-0.05, 0) is 54.1 Å². The molecule has 0 saturated carbocycles. The number of carbonyl (C=O) groups is 2. The molecule has 1 aliphatic heterocycles. The third kappa shape index (κ3) is 4.87. The minimum absolute atomic E-state index is 0.0368. The van der Waals surface area contributed by atoms with Gasteiger partial charge in [0.2, 0.25) is 11.8 Å². The van der Waals surface area contributed by atoms with Gasteiger partial charge >= 0.3 is 0 Å². The van der Waals surface area contributed by atoms with Crippen LogP contribution in [0.1, 0.15) is 5.56 Å². The Labute approximate surface area is 199 Å². The van der Waals surface area contributed by atoms with Crippen LogP contribution in [-0.2, 0) is 22.7 Å². The van der Waals surface area contributed by atoms with E-state index in [4.69, 9.17) is 0 Å². The Morgan fingerprint density at radius 2 is 1.77 bits per heavy atom. The van der Waals surface area contributed by atoms with Crippen LogP contribution in [0.15, 0.2) is 66.7 Å². The van der Waals surface area contributed by atoms with Crippen molar-refractivity contribution >= 4 is 34.2 Å². The topological polar surface area (TPSA) is 83.4 Å². The molecule has 1 saturated heterocycles. The first-order valence-electron chi connectivity index (χ1n) is 11.1. The number of nitrogens with one attached hydrogen (secondary N) is 1. The summed E-state index contributed by atoms with van der Waals surface area (Å²) in [6.07, 6.45) is 0. The van der Waals surface area contributed by atoms with Gasteiger partial charge in [-0.1, -0.05) is 17.3 Å². The molecule has 3 aromatic carbocycles. The number of rotatable bonds is 6. The lowest BCUT2D eigenvalue weighted by molar-refractivity contribution is -0.119. The first-order chi connectivity index (χ1) is 17.0. The van der Waals surface area contributed by atoms with Crippen molar-refractivity contribution in [2.45, 2.75) is 13.1 Å². The zero-order valence-corrected chi connectivity index (χ0v) is 18.7. The lowest BCUT2D eigenvalue weighted by atomic mass is 10.1. The molecule has 4 aromatic rings. The minimum Gasteiger partial charge on any atom is -0.310 e. The van der Waals surface area contributed by atoms with Crippen LogP contribution in [0.3, 0.4) is 0 Å². The molecule has 0 atom stereocenters. The van der Waals surface area contributed by atoms with Crippen molar-refractivity contribution in [3.05, 3.63) is 83.9 Å². The standard InChI is InChI=1S/C25H22F2N6O2/c26-18-11-17(12-19(27)13-18)15-32(25(35)16-33-23-4-2-1-3-22(23)29-30-33)21-7-5-20(6-8-21)31-10-9-28-14-24(31)34/h1-8,11-13,28H,9-10,14-16H2. The average molecular weight is 476 g/mol. The molecule has 178 valence electrons. The Kier molecular flexibility index (Phi) is 6.19. The Morgan fingerprint density at radius 3 is 2.51 bits per heavy atom. The number of halogens is 2. The SMILES string of the molecule is O=C1CNCCN1c1ccc(N(Cc2cc(F)cc(F)c2)C(=O)Cn2nnc3ccccc32)cc1. The molecule has 35 heavy (non-hydrogen) atoms. The van der Waals surface area contributed by atoms with E-state index >= 15 is 0 Å². The smallest absolute Gasteiger partial charge is 0.249 e. The molecule has 0 bridgehead atoms. The number of piperazine rings is 1. The van der Waals surface area contributed by atoms with Gasteiger partial charge in [0, 0.05) is 30.5 Å². The van der Waals surface area contributed by atoms with Gasteiger partial charge < -0.3 is 15.1 Å². The largest absolute Gasteiger partial charge is 0.310 e. The summed E-state index contributed by atoms with van der Waals surface area (Å²) >= 11 is 0. The molecule has 0 unspecified atom stereocenters. The number of anilines is 2. The van der Waals surface area contributed by atoms with Crippen molar-refractivity contribution in [1.82, 2.24) is 20.3 Å². The average Bonchev–Trinajstić information content (AvgIpc) is 3.25. The fraction of sp³-hybridized carbons (Fsp3) is 0.200. The Balaban J connectivity index is 1.45. The van der Waals surface area contributed by atoms with E-state index in [1.807, 2.05) is 18.2 Å². The minimum atomic E-state index is -0.720.